The Morgan fingerprint density at radius 3 is 2.17 bits per heavy atom. The zero-order chi connectivity index (χ0) is 14.1. The van der Waals surface area contributed by atoms with Crippen LogP contribution >= 0.6 is 34.2 Å². The molecule has 0 saturated heterocycles. The maximum atomic E-state index is 6.23. The van der Waals surface area contributed by atoms with Crippen LogP contribution in [0.25, 0.3) is 0 Å². The molecule has 0 aliphatic heterocycles. The number of ether oxygens (including phenoxy) is 1. The van der Waals surface area contributed by atoms with E-state index < -0.39 is 5.60 Å². The highest BCUT2D eigenvalue weighted by atomic mass is 127. The van der Waals surface area contributed by atoms with E-state index >= 15 is 0 Å². The lowest BCUT2D eigenvalue weighted by Crippen LogP contribution is -2.29. The van der Waals surface area contributed by atoms with Crippen molar-refractivity contribution >= 4 is 34.2 Å². The van der Waals surface area contributed by atoms with Crippen LogP contribution in [-0.2, 0) is 15.8 Å². The number of nitrogens with zero attached hydrogens (tertiary/aromatic N) is 2. The first-order chi connectivity index (χ1) is 8.15. The molecule has 5 heteroatoms. The van der Waals surface area contributed by atoms with E-state index in [0.717, 1.165) is 15.7 Å². The molecule has 1 aromatic heterocycles. The van der Waals surface area contributed by atoms with Crippen LogP contribution in [0.5, 0.6) is 0 Å². The zero-order valence-corrected chi connectivity index (χ0v) is 14.7. The van der Waals surface area contributed by atoms with Crippen molar-refractivity contribution in [1.29, 1.82) is 0 Å². The van der Waals surface area contributed by atoms with E-state index in [9.17, 15) is 0 Å². The molecule has 0 aromatic carbocycles. The molecule has 0 spiro atoms. The van der Waals surface area contributed by atoms with Crippen LogP contribution in [0.15, 0.2) is 0 Å². The van der Waals surface area contributed by atoms with Crippen molar-refractivity contribution in [2.75, 3.05) is 7.11 Å². The van der Waals surface area contributed by atoms with Gasteiger partial charge in [-0.15, -0.1) is 0 Å². The van der Waals surface area contributed by atoms with Crippen molar-refractivity contribution in [3.8, 4) is 0 Å². The van der Waals surface area contributed by atoms with Gasteiger partial charge in [-0.1, -0.05) is 39.3 Å². The maximum Gasteiger partial charge on any atom is 0.161 e. The average molecular weight is 383 g/mol. The average Bonchev–Trinajstić information content (AvgIpc) is 2.29. The van der Waals surface area contributed by atoms with Gasteiger partial charge in [0.25, 0.3) is 0 Å². The molecule has 102 valence electrons. The summed E-state index contributed by atoms with van der Waals surface area (Å²) in [6, 6.07) is 0. The first-order valence-electron chi connectivity index (χ1n) is 5.95. The summed E-state index contributed by atoms with van der Waals surface area (Å²) in [5, 5.41) is 0.502. The van der Waals surface area contributed by atoms with Gasteiger partial charge in [0, 0.05) is 12.5 Å². The second kappa shape index (κ2) is 5.59. The minimum Gasteiger partial charge on any atom is -0.371 e. The third-order valence-electron chi connectivity index (χ3n) is 3.12. The van der Waals surface area contributed by atoms with Crippen LogP contribution in [0.2, 0.25) is 5.15 Å². The third-order valence-corrected chi connectivity index (χ3v) is 4.73. The molecule has 0 saturated carbocycles. The maximum absolute atomic E-state index is 6.23. The first kappa shape index (κ1) is 16.1. The van der Waals surface area contributed by atoms with E-state index in [1.807, 2.05) is 6.92 Å². The topological polar surface area (TPSA) is 35.0 Å². The molecule has 1 heterocycles. The molecular formula is C13H20ClIN2O. The Balaban J connectivity index is 3.47. The van der Waals surface area contributed by atoms with Crippen molar-refractivity contribution in [3.63, 3.8) is 0 Å². The molecular weight excluding hydrogens is 363 g/mol. The van der Waals surface area contributed by atoms with Gasteiger partial charge in [0.1, 0.15) is 10.8 Å². The Morgan fingerprint density at radius 1 is 1.22 bits per heavy atom. The number of hydrogen-bond acceptors (Lipinski definition) is 3. The second-order valence-corrected chi connectivity index (χ2v) is 6.98. The summed E-state index contributed by atoms with van der Waals surface area (Å²) in [4.78, 5) is 9.07. The fourth-order valence-electron chi connectivity index (χ4n) is 1.55. The highest BCUT2D eigenvalue weighted by molar-refractivity contribution is 14.1. The molecule has 1 rings (SSSR count). The molecule has 0 bridgehead atoms. The van der Waals surface area contributed by atoms with Crippen molar-refractivity contribution in [3.05, 3.63) is 20.2 Å². The van der Waals surface area contributed by atoms with Gasteiger partial charge >= 0.3 is 0 Å². The Morgan fingerprint density at radius 2 is 1.78 bits per heavy atom. The van der Waals surface area contributed by atoms with E-state index in [4.69, 9.17) is 21.3 Å². The second-order valence-electron chi connectivity index (χ2n) is 5.54. The summed E-state index contributed by atoms with van der Waals surface area (Å²) >= 11 is 8.43. The lowest BCUT2D eigenvalue weighted by atomic mass is 9.91. The molecule has 0 fully saturated rings. The van der Waals surface area contributed by atoms with Gasteiger partial charge < -0.3 is 4.74 Å². The lowest BCUT2D eigenvalue weighted by molar-refractivity contribution is -0.00931. The summed E-state index contributed by atoms with van der Waals surface area (Å²) < 4.78 is 6.47. The number of rotatable bonds is 3. The van der Waals surface area contributed by atoms with Gasteiger partial charge in [0.15, 0.2) is 5.82 Å². The standard InChI is InChI=1S/C13H20ClIN2O/c1-7-13(5,18-6)11-16-9(12(2,3)4)8(15)10(14)17-11/h7H2,1-6H3. The quantitative estimate of drug-likeness (QED) is 0.577. The fourth-order valence-corrected chi connectivity index (χ4v) is 2.77. The van der Waals surface area contributed by atoms with Gasteiger partial charge in [0.05, 0.1) is 9.26 Å². The number of aromatic nitrogens is 2. The largest absolute Gasteiger partial charge is 0.371 e. The van der Waals surface area contributed by atoms with Gasteiger partial charge in [-0.05, 0) is 35.9 Å². The fraction of sp³-hybridized carbons (Fsp3) is 0.692. The smallest absolute Gasteiger partial charge is 0.161 e. The van der Waals surface area contributed by atoms with Gasteiger partial charge in [-0.3, -0.25) is 0 Å². The number of methoxy groups -OCH3 is 1. The van der Waals surface area contributed by atoms with Crippen LogP contribution < -0.4 is 0 Å². The van der Waals surface area contributed by atoms with Crippen LogP contribution in [-0.4, -0.2) is 17.1 Å². The monoisotopic (exact) mass is 382 g/mol. The van der Waals surface area contributed by atoms with Crippen LogP contribution in [0.4, 0.5) is 0 Å². The van der Waals surface area contributed by atoms with Crippen molar-refractivity contribution < 1.29 is 4.74 Å². The number of hydrogen-bond donors (Lipinski definition) is 0. The van der Waals surface area contributed by atoms with Crippen molar-refractivity contribution in [2.24, 2.45) is 0 Å². The van der Waals surface area contributed by atoms with Gasteiger partial charge in [-0.2, -0.15) is 0 Å². The van der Waals surface area contributed by atoms with E-state index in [-0.39, 0.29) is 5.41 Å². The Hall–Kier alpha value is 0.0600. The van der Waals surface area contributed by atoms with Crippen molar-refractivity contribution in [1.82, 2.24) is 9.97 Å². The Bertz CT molecular complexity index is 439. The molecule has 0 radical (unpaired) electrons. The summed E-state index contributed by atoms with van der Waals surface area (Å²) in [7, 11) is 1.68. The summed E-state index contributed by atoms with van der Waals surface area (Å²) in [6.07, 6.45) is 0.796. The van der Waals surface area contributed by atoms with E-state index in [1.165, 1.54) is 0 Å². The molecule has 0 aliphatic carbocycles. The molecule has 3 nitrogen and oxygen atoms in total. The minimum atomic E-state index is -0.492. The predicted octanol–water partition coefficient (Wildman–Crippen LogP) is 4.30. The zero-order valence-electron chi connectivity index (χ0n) is 11.8. The lowest BCUT2D eigenvalue weighted by Gasteiger charge is -2.28. The summed E-state index contributed by atoms with van der Waals surface area (Å²) in [5.41, 5.74) is 0.406. The highest BCUT2D eigenvalue weighted by Crippen LogP contribution is 2.33. The molecule has 1 atom stereocenters. The number of halogens is 2. The predicted molar refractivity (Wildman–Crippen MR) is 83.1 cm³/mol. The Kier molecular flexibility index (Phi) is 5.00. The molecule has 1 unspecified atom stereocenters. The third kappa shape index (κ3) is 3.14. The van der Waals surface area contributed by atoms with Crippen LogP contribution in [0, 0.1) is 3.57 Å². The summed E-state index contributed by atoms with van der Waals surface area (Å²) in [5.74, 6) is 0.655. The summed E-state index contributed by atoms with van der Waals surface area (Å²) in [6.45, 7) is 10.4. The Labute approximate surface area is 128 Å². The first-order valence-corrected chi connectivity index (χ1v) is 7.40. The van der Waals surface area contributed by atoms with E-state index in [0.29, 0.717) is 11.0 Å². The van der Waals surface area contributed by atoms with Crippen molar-refractivity contribution in [2.45, 2.75) is 52.1 Å². The SMILES string of the molecule is CCC(C)(OC)c1nc(Cl)c(I)c(C(C)(C)C)n1. The van der Waals surface area contributed by atoms with Crippen LogP contribution in [0.1, 0.15) is 52.6 Å². The molecule has 0 N–H and O–H groups in total. The minimum absolute atomic E-state index is 0.0692. The van der Waals surface area contributed by atoms with Gasteiger partial charge in [0.2, 0.25) is 0 Å². The molecule has 0 amide bonds. The molecule has 18 heavy (non-hydrogen) atoms. The van der Waals surface area contributed by atoms with Crippen LogP contribution in [0.3, 0.4) is 0 Å². The molecule has 1 aromatic rings. The van der Waals surface area contributed by atoms with E-state index in [1.54, 1.807) is 7.11 Å². The van der Waals surface area contributed by atoms with E-state index in [2.05, 4.69) is 55.3 Å². The molecule has 0 aliphatic rings. The normalized spacial score (nSPS) is 15.6. The van der Waals surface area contributed by atoms with Gasteiger partial charge in [-0.25, -0.2) is 9.97 Å². The highest BCUT2D eigenvalue weighted by Gasteiger charge is 2.31.